The van der Waals surface area contributed by atoms with Crippen LogP contribution in [0.5, 0.6) is 0 Å². The number of ether oxygens (including phenoxy) is 4. The summed E-state index contributed by atoms with van der Waals surface area (Å²) in [5, 5.41) is 10.6. The van der Waals surface area contributed by atoms with E-state index in [0.717, 1.165) is 154 Å². The van der Waals surface area contributed by atoms with Crippen LogP contribution in [0.25, 0.3) is 0 Å². The lowest BCUT2D eigenvalue weighted by Gasteiger charge is -2.21. The van der Waals surface area contributed by atoms with E-state index in [2.05, 4.69) is 76.3 Å². The zero-order chi connectivity index (χ0) is 70.4. The minimum absolute atomic E-state index is 0.0877. The molecular weight excluding hydrogens is 1260 g/mol. The fourth-order valence-corrected chi connectivity index (χ4v) is 12.3. The van der Waals surface area contributed by atoms with E-state index < -0.39 is 97.5 Å². The number of carbonyl (C=O) groups is 4. The molecule has 0 aliphatic carbocycles. The van der Waals surface area contributed by atoms with Crippen LogP contribution < -0.4 is 0 Å². The molecule has 0 saturated heterocycles. The summed E-state index contributed by atoms with van der Waals surface area (Å²) in [6.45, 7) is 4.86. The van der Waals surface area contributed by atoms with Gasteiger partial charge in [-0.25, -0.2) is 9.13 Å². The first-order valence-corrected chi connectivity index (χ1v) is 41.9. The number of unbranched alkanes of at least 4 members (excludes halogenated alkanes) is 40. The molecule has 0 aliphatic heterocycles. The third-order valence-corrected chi connectivity index (χ3v) is 18.6. The van der Waals surface area contributed by atoms with Crippen molar-refractivity contribution < 1.29 is 80.2 Å². The number of phosphoric acid groups is 2. The molecule has 96 heavy (non-hydrogen) atoms. The topological polar surface area (TPSA) is 237 Å². The maximum atomic E-state index is 13.1. The highest BCUT2D eigenvalue weighted by atomic mass is 31.2. The van der Waals surface area contributed by atoms with E-state index >= 15 is 0 Å². The summed E-state index contributed by atoms with van der Waals surface area (Å²) in [6.07, 6.45) is 66.6. The van der Waals surface area contributed by atoms with Gasteiger partial charge in [-0.2, -0.15) is 0 Å². The molecule has 0 aromatic carbocycles. The van der Waals surface area contributed by atoms with Crippen molar-refractivity contribution in [1.29, 1.82) is 0 Å². The van der Waals surface area contributed by atoms with Crippen LogP contribution in [0.15, 0.2) is 48.6 Å². The van der Waals surface area contributed by atoms with Crippen molar-refractivity contribution >= 4 is 39.5 Å². The fraction of sp³-hybridized carbons (Fsp3) is 0.844. The Bertz CT molecular complexity index is 2010. The Morgan fingerprint density at radius 3 is 0.729 bits per heavy atom. The van der Waals surface area contributed by atoms with Crippen molar-refractivity contribution in [3.63, 3.8) is 0 Å². The first-order valence-electron chi connectivity index (χ1n) is 38.9. The van der Waals surface area contributed by atoms with Crippen molar-refractivity contribution in [3.8, 4) is 0 Å². The van der Waals surface area contributed by atoms with Crippen molar-refractivity contribution in [1.82, 2.24) is 0 Å². The molecule has 0 aromatic rings. The van der Waals surface area contributed by atoms with Crippen LogP contribution in [0.4, 0.5) is 0 Å². The van der Waals surface area contributed by atoms with Gasteiger partial charge in [0.05, 0.1) is 26.4 Å². The van der Waals surface area contributed by atoms with E-state index in [1.54, 1.807) is 0 Å². The molecule has 5 atom stereocenters. The summed E-state index contributed by atoms with van der Waals surface area (Å²) in [7, 11) is -9.94. The highest BCUT2D eigenvalue weighted by Gasteiger charge is 2.30. The van der Waals surface area contributed by atoms with Crippen LogP contribution in [0.2, 0.25) is 0 Å². The Hall–Kier alpha value is -2.98. The maximum absolute atomic E-state index is 13.1. The van der Waals surface area contributed by atoms with Gasteiger partial charge in [-0.05, 0) is 128 Å². The number of allylic oxidation sites excluding steroid dienone is 8. The lowest BCUT2D eigenvalue weighted by atomic mass is 10.1. The predicted octanol–water partition coefficient (Wildman–Crippen LogP) is 22.1. The average molecular weight is 1400 g/mol. The Balaban J connectivity index is 5.33. The normalized spacial score (nSPS) is 14.2. The molecule has 0 saturated carbocycles. The molecule has 0 fully saturated rings. The molecule has 0 rings (SSSR count). The van der Waals surface area contributed by atoms with Gasteiger partial charge in [-0.15, -0.1) is 0 Å². The minimum atomic E-state index is -4.97. The van der Waals surface area contributed by atoms with Crippen molar-refractivity contribution in [2.75, 3.05) is 39.6 Å². The molecule has 2 unspecified atom stereocenters. The molecule has 562 valence electrons. The predicted molar refractivity (Wildman–Crippen MR) is 390 cm³/mol. The summed E-state index contributed by atoms with van der Waals surface area (Å²) < 4.78 is 68.5. The summed E-state index contributed by atoms with van der Waals surface area (Å²) in [5.41, 5.74) is 0. The van der Waals surface area contributed by atoms with Crippen LogP contribution in [0.3, 0.4) is 0 Å². The second-order valence-electron chi connectivity index (χ2n) is 26.3. The van der Waals surface area contributed by atoms with Crippen LogP contribution in [0, 0.1) is 0 Å². The summed E-state index contributed by atoms with van der Waals surface area (Å²) >= 11 is 0. The van der Waals surface area contributed by atoms with E-state index in [0.29, 0.717) is 25.7 Å². The van der Waals surface area contributed by atoms with E-state index in [9.17, 15) is 43.2 Å². The number of hydrogen-bond acceptors (Lipinski definition) is 15. The molecule has 17 nitrogen and oxygen atoms in total. The van der Waals surface area contributed by atoms with Gasteiger partial charge in [0.25, 0.3) is 0 Å². The van der Waals surface area contributed by atoms with Gasteiger partial charge in [0.15, 0.2) is 12.2 Å². The lowest BCUT2D eigenvalue weighted by molar-refractivity contribution is -0.161. The van der Waals surface area contributed by atoms with Crippen molar-refractivity contribution in [2.24, 2.45) is 0 Å². The van der Waals surface area contributed by atoms with E-state index in [-0.39, 0.29) is 25.7 Å². The summed E-state index contributed by atoms with van der Waals surface area (Å²) in [5.74, 6) is -2.18. The maximum Gasteiger partial charge on any atom is 0.472 e. The van der Waals surface area contributed by atoms with Gasteiger partial charge < -0.3 is 33.8 Å². The summed E-state index contributed by atoms with van der Waals surface area (Å²) in [6, 6.07) is 0. The second-order valence-corrected chi connectivity index (χ2v) is 29.2. The first kappa shape index (κ1) is 93.0. The number of phosphoric ester groups is 2. The second kappa shape index (κ2) is 70.5. The van der Waals surface area contributed by atoms with Crippen LogP contribution in [-0.2, 0) is 65.4 Å². The number of carbonyl (C=O) groups excluding carboxylic acids is 4. The molecule has 0 spiro atoms. The quantitative estimate of drug-likeness (QED) is 0.0169. The summed E-state index contributed by atoms with van der Waals surface area (Å²) in [4.78, 5) is 72.8. The number of aliphatic hydroxyl groups excluding tert-OH is 1. The fourth-order valence-electron chi connectivity index (χ4n) is 10.7. The third-order valence-electron chi connectivity index (χ3n) is 16.7. The highest BCUT2D eigenvalue weighted by molar-refractivity contribution is 7.47. The zero-order valence-electron chi connectivity index (χ0n) is 61.3. The van der Waals surface area contributed by atoms with Gasteiger partial charge in [-0.3, -0.25) is 37.3 Å². The monoisotopic (exact) mass is 1400 g/mol. The standard InChI is InChI=1S/C77H142O17P2/c1-5-9-13-17-21-25-29-33-35-39-42-46-50-54-58-62-75(80)88-68-73(94-77(82)64-60-56-52-48-44-40-36-34-30-26-22-18-14-10-6-2)70-92-96(85,86)90-66-71(78)65-89-95(83,84)91-69-72(93-76(81)63-59-55-51-47-43-38-32-28-24-20-16-12-8-4)67-87-74(79)61-57-53-49-45-41-37-31-27-23-19-15-11-7-3/h27-28,31-36,71-73,78H,5-26,29-30,37-70H2,1-4H3,(H,83,84)(H,85,86)/b31-27-,32-28-,35-33-,36-34-/t71-,72-,73-/m1/s1. The average Bonchev–Trinajstić information content (AvgIpc) is 1.17. The van der Waals surface area contributed by atoms with Gasteiger partial charge in [0.2, 0.25) is 0 Å². The number of rotatable bonds is 74. The van der Waals surface area contributed by atoms with E-state index in [4.69, 9.17) is 37.0 Å². The number of aliphatic hydroxyl groups is 1. The largest absolute Gasteiger partial charge is 0.472 e. The SMILES string of the molecule is CCCCCC/C=C\CCCCCCCC(=O)OC[C@H](COP(=O)(O)OC[C@@H](O)COP(=O)(O)OC[C@@H](COC(=O)CCCCCCC/C=C\CCCCCCCC)OC(=O)CCCCCCC/C=C\CCCCCCCC)OC(=O)CCCCCCC/C=C\CCCCCC. The zero-order valence-corrected chi connectivity index (χ0v) is 63.1. The van der Waals surface area contributed by atoms with Gasteiger partial charge in [0, 0.05) is 25.7 Å². The smallest absolute Gasteiger partial charge is 0.462 e. The molecular formula is C77H142O17P2. The van der Waals surface area contributed by atoms with E-state index in [1.807, 2.05) is 0 Å². The van der Waals surface area contributed by atoms with E-state index in [1.165, 1.54) is 128 Å². The van der Waals surface area contributed by atoms with Gasteiger partial charge in [-0.1, -0.05) is 256 Å². The van der Waals surface area contributed by atoms with Crippen molar-refractivity contribution in [2.45, 2.75) is 380 Å². The molecule has 0 heterocycles. The molecule has 0 aliphatic rings. The lowest BCUT2D eigenvalue weighted by Crippen LogP contribution is -2.30. The Morgan fingerprint density at radius 1 is 0.281 bits per heavy atom. The molecule has 3 N–H and O–H groups in total. The Kier molecular flexibility index (Phi) is 68.3. The van der Waals surface area contributed by atoms with Crippen LogP contribution >= 0.6 is 15.6 Å². The first-order chi connectivity index (χ1) is 46.7. The molecule has 0 aromatic heterocycles. The highest BCUT2D eigenvalue weighted by Crippen LogP contribution is 2.45. The Morgan fingerprint density at radius 2 is 0.479 bits per heavy atom. The molecule has 0 radical (unpaired) electrons. The van der Waals surface area contributed by atoms with Gasteiger partial charge >= 0.3 is 39.5 Å². The molecule has 19 heteroatoms. The number of hydrogen-bond donors (Lipinski definition) is 3. The van der Waals surface area contributed by atoms with Gasteiger partial charge in [0.1, 0.15) is 19.3 Å². The third kappa shape index (κ3) is 69.5. The van der Waals surface area contributed by atoms with Crippen LogP contribution in [-0.4, -0.2) is 96.7 Å². The molecule has 0 bridgehead atoms. The number of esters is 4. The Labute approximate surface area is 585 Å². The van der Waals surface area contributed by atoms with Crippen molar-refractivity contribution in [3.05, 3.63) is 48.6 Å². The minimum Gasteiger partial charge on any atom is -0.462 e. The molecule has 0 amide bonds. The van der Waals surface area contributed by atoms with Crippen LogP contribution in [0.1, 0.15) is 362 Å².